The van der Waals surface area contributed by atoms with Crippen molar-refractivity contribution in [2.24, 2.45) is 0 Å². The van der Waals surface area contributed by atoms with Crippen LogP contribution in [-0.4, -0.2) is 11.1 Å². The van der Waals surface area contributed by atoms with Crippen LogP contribution in [0.25, 0.3) is 11.0 Å². The molecule has 0 bridgehead atoms. The highest BCUT2D eigenvalue weighted by Crippen LogP contribution is 2.27. The number of hydrogen-bond acceptors (Lipinski definition) is 2. The van der Waals surface area contributed by atoms with Gasteiger partial charge in [0.2, 0.25) is 0 Å². The van der Waals surface area contributed by atoms with E-state index in [1.165, 1.54) is 6.26 Å². The summed E-state index contributed by atoms with van der Waals surface area (Å²) in [5.74, 6) is -0.945. The summed E-state index contributed by atoms with van der Waals surface area (Å²) in [6, 6.07) is 4.85. The molecule has 0 radical (unpaired) electrons. The second kappa shape index (κ2) is 2.88. The molecule has 2 rings (SSSR count). The zero-order chi connectivity index (χ0) is 9.42. The van der Waals surface area contributed by atoms with E-state index >= 15 is 0 Å². The van der Waals surface area contributed by atoms with Crippen molar-refractivity contribution in [1.29, 1.82) is 0 Å². The molecule has 0 amide bonds. The SMILES string of the molecule is O=C(O)c1ccc(Br)c2occc12. The Morgan fingerprint density at radius 1 is 1.38 bits per heavy atom. The minimum atomic E-state index is -0.945. The summed E-state index contributed by atoms with van der Waals surface area (Å²) in [5.41, 5.74) is 0.826. The predicted octanol–water partition coefficient (Wildman–Crippen LogP) is 2.89. The molecular formula is C9H5BrO3. The molecule has 0 atom stereocenters. The lowest BCUT2D eigenvalue weighted by molar-refractivity contribution is 0.0699. The summed E-state index contributed by atoms with van der Waals surface area (Å²) in [6.07, 6.45) is 1.47. The van der Waals surface area contributed by atoms with Crippen molar-refractivity contribution in [3.8, 4) is 0 Å². The normalized spacial score (nSPS) is 10.5. The van der Waals surface area contributed by atoms with E-state index in [0.29, 0.717) is 11.0 Å². The van der Waals surface area contributed by atoms with Crippen LogP contribution < -0.4 is 0 Å². The number of benzene rings is 1. The van der Waals surface area contributed by atoms with E-state index in [-0.39, 0.29) is 5.56 Å². The van der Waals surface area contributed by atoms with Gasteiger partial charge in [0.15, 0.2) is 0 Å². The van der Waals surface area contributed by atoms with Gasteiger partial charge in [-0.3, -0.25) is 0 Å². The van der Waals surface area contributed by atoms with Crippen molar-refractivity contribution >= 4 is 32.9 Å². The van der Waals surface area contributed by atoms with Gasteiger partial charge in [-0.15, -0.1) is 0 Å². The molecule has 1 aromatic carbocycles. The third kappa shape index (κ3) is 1.23. The van der Waals surface area contributed by atoms with Gasteiger partial charge in [0.05, 0.1) is 16.3 Å². The highest BCUT2D eigenvalue weighted by Gasteiger charge is 2.11. The highest BCUT2D eigenvalue weighted by molar-refractivity contribution is 9.10. The molecule has 1 heterocycles. The largest absolute Gasteiger partial charge is 0.478 e. The van der Waals surface area contributed by atoms with E-state index in [1.807, 2.05) is 0 Å². The molecule has 66 valence electrons. The van der Waals surface area contributed by atoms with E-state index in [4.69, 9.17) is 9.52 Å². The first-order chi connectivity index (χ1) is 6.20. The first kappa shape index (κ1) is 8.31. The van der Waals surface area contributed by atoms with Crippen LogP contribution in [-0.2, 0) is 0 Å². The van der Waals surface area contributed by atoms with Gasteiger partial charge in [-0.2, -0.15) is 0 Å². The van der Waals surface area contributed by atoms with Crippen molar-refractivity contribution in [2.45, 2.75) is 0 Å². The molecule has 1 aromatic heterocycles. The first-order valence-corrected chi connectivity index (χ1v) is 4.38. The summed E-state index contributed by atoms with van der Waals surface area (Å²) in [5, 5.41) is 9.45. The standard InChI is InChI=1S/C9H5BrO3/c10-7-2-1-6(9(11)12)5-3-4-13-8(5)7/h1-4H,(H,11,12). The third-order valence-corrected chi connectivity index (χ3v) is 2.42. The van der Waals surface area contributed by atoms with E-state index in [2.05, 4.69) is 15.9 Å². The van der Waals surface area contributed by atoms with Gasteiger partial charge in [-0.05, 0) is 34.1 Å². The maximum absolute atomic E-state index is 10.8. The van der Waals surface area contributed by atoms with Crippen molar-refractivity contribution in [2.75, 3.05) is 0 Å². The second-order valence-electron chi connectivity index (χ2n) is 2.56. The molecule has 0 saturated heterocycles. The molecule has 4 heteroatoms. The van der Waals surface area contributed by atoms with Crippen LogP contribution in [0.5, 0.6) is 0 Å². The average molecular weight is 241 g/mol. The molecular weight excluding hydrogens is 236 g/mol. The maximum Gasteiger partial charge on any atom is 0.336 e. The molecule has 2 aromatic rings. The van der Waals surface area contributed by atoms with Crippen LogP contribution >= 0.6 is 15.9 Å². The molecule has 1 N–H and O–H groups in total. The van der Waals surface area contributed by atoms with Crippen LogP contribution in [0.2, 0.25) is 0 Å². The van der Waals surface area contributed by atoms with E-state index in [0.717, 1.165) is 4.47 Å². The topological polar surface area (TPSA) is 50.4 Å². The van der Waals surface area contributed by atoms with E-state index in [1.54, 1.807) is 18.2 Å². The Bertz CT molecular complexity index is 473. The Morgan fingerprint density at radius 2 is 2.15 bits per heavy atom. The lowest BCUT2D eigenvalue weighted by Crippen LogP contribution is -1.95. The molecule has 0 aliphatic carbocycles. The number of rotatable bonds is 1. The first-order valence-electron chi connectivity index (χ1n) is 3.59. The minimum absolute atomic E-state index is 0.256. The Hall–Kier alpha value is -1.29. The molecule has 0 spiro atoms. The average Bonchev–Trinajstić information content (AvgIpc) is 2.53. The maximum atomic E-state index is 10.8. The van der Waals surface area contributed by atoms with E-state index in [9.17, 15) is 4.79 Å². The number of halogens is 1. The Labute approximate surface area is 82.1 Å². The van der Waals surface area contributed by atoms with E-state index < -0.39 is 5.97 Å². The van der Waals surface area contributed by atoms with Gasteiger partial charge in [0.25, 0.3) is 0 Å². The fourth-order valence-electron chi connectivity index (χ4n) is 1.21. The fourth-order valence-corrected chi connectivity index (χ4v) is 1.65. The predicted molar refractivity (Wildman–Crippen MR) is 50.9 cm³/mol. The van der Waals surface area contributed by atoms with Crippen LogP contribution in [0.4, 0.5) is 0 Å². The summed E-state index contributed by atoms with van der Waals surface area (Å²) >= 11 is 3.27. The summed E-state index contributed by atoms with van der Waals surface area (Å²) in [6.45, 7) is 0. The Kier molecular flexibility index (Phi) is 1.84. The number of furan rings is 1. The van der Waals surface area contributed by atoms with Crippen LogP contribution in [0, 0.1) is 0 Å². The van der Waals surface area contributed by atoms with Crippen LogP contribution in [0.15, 0.2) is 33.4 Å². The van der Waals surface area contributed by atoms with Gasteiger partial charge in [0.1, 0.15) is 5.58 Å². The number of carboxylic acid groups (broad SMARTS) is 1. The molecule has 0 unspecified atom stereocenters. The highest BCUT2D eigenvalue weighted by atomic mass is 79.9. The lowest BCUT2D eigenvalue weighted by Gasteiger charge is -1.97. The van der Waals surface area contributed by atoms with Crippen LogP contribution in [0.1, 0.15) is 10.4 Å². The van der Waals surface area contributed by atoms with Gasteiger partial charge >= 0.3 is 5.97 Å². The van der Waals surface area contributed by atoms with Crippen molar-refractivity contribution in [1.82, 2.24) is 0 Å². The molecule has 0 aliphatic heterocycles. The Balaban J connectivity index is 2.86. The monoisotopic (exact) mass is 240 g/mol. The number of carboxylic acids is 1. The number of carbonyl (C=O) groups is 1. The molecule has 0 aliphatic rings. The zero-order valence-corrected chi connectivity index (χ0v) is 8.04. The van der Waals surface area contributed by atoms with Crippen LogP contribution in [0.3, 0.4) is 0 Å². The number of hydrogen-bond donors (Lipinski definition) is 1. The lowest BCUT2D eigenvalue weighted by atomic mass is 10.1. The van der Waals surface area contributed by atoms with Crippen molar-refractivity contribution < 1.29 is 14.3 Å². The second-order valence-corrected chi connectivity index (χ2v) is 3.42. The number of aromatic carboxylic acids is 1. The van der Waals surface area contributed by atoms with Gasteiger partial charge in [0, 0.05) is 5.39 Å². The summed E-state index contributed by atoms with van der Waals surface area (Å²) in [7, 11) is 0. The summed E-state index contributed by atoms with van der Waals surface area (Å²) < 4.78 is 5.89. The quantitative estimate of drug-likeness (QED) is 0.834. The smallest absolute Gasteiger partial charge is 0.336 e. The minimum Gasteiger partial charge on any atom is -0.478 e. The van der Waals surface area contributed by atoms with Gasteiger partial charge in [-0.1, -0.05) is 0 Å². The molecule has 0 fully saturated rings. The van der Waals surface area contributed by atoms with Crippen molar-refractivity contribution in [3.63, 3.8) is 0 Å². The van der Waals surface area contributed by atoms with Crippen molar-refractivity contribution in [3.05, 3.63) is 34.5 Å². The Morgan fingerprint density at radius 3 is 2.85 bits per heavy atom. The molecule has 0 saturated carbocycles. The molecule has 13 heavy (non-hydrogen) atoms. The number of fused-ring (bicyclic) bond motifs is 1. The molecule has 3 nitrogen and oxygen atoms in total. The fraction of sp³-hybridized carbons (Fsp3) is 0. The van der Waals surface area contributed by atoms with Gasteiger partial charge in [-0.25, -0.2) is 4.79 Å². The summed E-state index contributed by atoms with van der Waals surface area (Å²) in [4.78, 5) is 10.8. The zero-order valence-electron chi connectivity index (χ0n) is 6.45. The third-order valence-electron chi connectivity index (χ3n) is 1.80. The van der Waals surface area contributed by atoms with Gasteiger partial charge < -0.3 is 9.52 Å².